The van der Waals surface area contributed by atoms with E-state index in [4.69, 9.17) is 9.15 Å². The fraction of sp³-hybridized carbons (Fsp3) is 0.273. The van der Waals surface area contributed by atoms with E-state index in [9.17, 15) is 4.79 Å². The van der Waals surface area contributed by atoms with Crippen LogP contribution in [0.1, 0.15) is 16.2 Å². The van der Waals surface area contributed by atoms with Gasteiger partial charge in [-0.1, -0.05) is 0 Å². The summed E-state index contributed by atoms with van der Waals surface area (Å²) in [6, 6.07) is 3.18. The van der Waals surface area contributed by atoms with Crippen LogP contribution in [0.25, 0.3) is 11.1 Å². The van der Waals surface area contributed by atoms with Crippen molar-refractivity contribution in [3.8, 4) is 5.75 Å². The highest BCUT2D eigenvalue weighted by Gasteiger charge is 2.14. The third-order valence-corrected chi connectivity index (χ3v) is 2.20. The monoisotopic (exact) mass is 221 g/mol. The largest absolute Gasteiger partial charge is 0.493 e. The van der Waals surface area contributed by atoms with E-state index in [1.165, 1.54) is 14.2 Å². The molecule has 0 amide bonds. The third-order valence-electron chi connectivity index (χ3n) is 2.20. The molecule has 0 N–H and O–H groups in total. The second kappa shape index (κ2) is 3.84. The zero-order valence-corrected chi connectivity index (χ0v) is 9.23. The quantitative estimate of drug-likeness (QED) is 0.725. The maximum absolute atomic E-state index is 11.4. The number of carbonyl (C=O) groups excluding carboxylic acids is 1. The number of rotatable bonds is 2. The predicted octanol–water partition coefficient (Wildman–Crippen LogP) is 1.93. The standard InChI is InChI=1S/C11H11NO4/c1-6-12-8-4-7(11(13)15-3)5-9(14-2)10(8)16-6/h4-5H,1-3H3. The number of fused-ring (bicyclic) bond motifs is 1. The molecule has 1 aromatic heterocycles. The van der Waals surface area contributed by atoms with Crippen LogP contribution < -0.4 is 4.74 Å². The predicted molar refractivity (Wildman–Crippen MR) is 56.6 cm³/mol. The van der Waals surface area contributed by atoms with Crippen molar-refractivity contribution in [1.29, 1.82) is 0 Å². The third kappa shape index (κ3) is 1.60. The van der Waals surface area contributed by atoms with Crippen LogP contribution in [0.15, 0.2) is 16.5 Å². The van der Waals surface area contributed by atoms with Crippen LogP contribution in [0.3, 0.4) is 0 Å². The van der Waals surface area contributed by atoms with Gasteiger partial charge in [0.15, 0.2) is 17.2 Å². The first-order valence-electron chi connectivity index (χ1n) is 4.69. The van der Waals surface area contributed by atoms with Crippen LogP contribution in [-0.4, -0.2) is 25.2 Å². The molecule has 5 heteroatoms. The number of carbonyl (C=O) groups is 1. The SMILES string of the molecule is COC(=O)c1cc(OC)c2oc(C)nc2c1. The molecule has 0 fully saturated rings. The number of nitrogens with zero attached hydrogens (tertiary/aromatic N) is 1. The van der Waals surface area contributed by atoms with Gasteiger partial charge in [0.1, 0.15) is 5.52 Å². The first-order chi connectivity index (χ1) is 7.65. The summed E-state index contributed by atoms with van der Waals surface area (Å²) in [4.78, 5) is 15.5. The summed E-state index contributed by atoms with van der Waals surface area (Å²) >= 11 is 0. The Balaban J connectivity index is 2.67. The van der Waals surface area contributed by atoms with Gasteiger partial charge in [-0.25, -0.2) is 9.78 Å². The number of esters is 1. The normalized spacial score (nSPS) is 10.4. The average molecular weight is 221 g/mol. The van der Waals surface area contributed by atoms with Gasteiger partial charge in [-0.2, -0.15) is 0 Å². The van der Waals surface area contributed by atoms with Gasteiger partial charge in [0.25, 0.3) is 0 Å². The Kier molecular flexibility index (Phi) is 2.52. The zero-order chi connectivity index (χ0) is 11.7. The molecule has 0 aliphatic carbocycles. The molecule has 2 rings (SSSR count). The topological polar surface area (TPSA) is 61.6 Å². The highest BCUT2D eigenvalue weighted by Crippen LogP contribution is 2.28. The molecule has 0 atom stereocenters. The van der Waals surface area contributed by atoms with Gasteiger partial charge < -0.3 is 13.9 Å². The van der Waals surface area contributed by atoms with E-state index in [2.05, 4.69) is 9.72 Å². The number of ether oxygens (including phenoxy) is 2. The van der Waals surface area contributed by atoms with Gasteiger partial charge in [0, 0.05) is 6.92 Å². The molecule has 1 aromatic carbocycles. The fourth-order valence-corrected chi connectivity index (χ4v) is 1.50. The molecule has 0 saturated heterocycles. The highest BCUT2D eigenvalue weighted by molar-refractivity contribution is 5.95. The summed E-state index contributed by atoms with van der Waals surface area (Å²) in [6.45, 7) is 1.73. The van der Waals surface area contributed by atoms with Gasteiger partial charge in [0.2, 0.25) is 0 Å². The van der Waals surface area contributed by atoms with E-state index >= 15 is 0 Å². The van der Waals surface area contributed by atoms with Crippen LogP contribution in [0.5, 0.6) is 5.75 Å². The molecule has 0 aliphatic rings. The lowest BCUT2D eigenvalue weighted by Crippen LogP contribution is -2.01. The van der Waals surface area contributed by atoms with E-state index in [-0.39, 0.29) is 0 Å². The van der Waals surface area contributed by atoms with Crippen LogP contribution >= 0.6 is 0 Å². The van der Waals surface area contributed by atoms with E-state index in [0.717, 1.165) is 0 Å². The molecular formula is C11H11NO4. The zero-order valence-electron chi connectivity index (χ0n) is 9.23. The minimum absolute atomic E-state index is 0.389. The lowest BCUT2D eigenvalue weighted by Gasteiger charge is -2.03. The smallest absolute Gasteiger partial charge is 0.338 e. The molecule has 0 aliphatic heterocycles. The molecule has 84 valence electrons. The van der Waals surface area contributed by atoms with Crippen LogP contribution in [0, 0.1) is 6.92 Å². The number of hydrogen-bond donors (Lipinski definition) is 0. The highest BCUT2D eigenvalue weighted by atomic mass is 16.5. The lowest BCUT2D eigenvalue weighted by molar-refractivity contribution is 0.0600. The van der Waals surface area contributed by atoms with Crippen molar-refractivity contribution >= 4 is 17.1 Å². The Morgan fingerprint density at radius 3 is 2.75 bits per heavy atom. The van der Waals surface area contributed by atoms with E-state index in [1.54, 1.807) is 19.1 Å². The molecule has 0 bridgehead atoms. The number of oxazole rings is 1. The molecule has 16 heavy (non-hydrogen) atoms. The summed E-state index contributed by atoms with van der Waals surface area (Å²) in [7, 11) is 2.83. The molecule has 0 spiro atoms. The first-order valence-corrected chi connectivity index (χ1v) is 4.69. The number of benzene rings is 1. The number of hydrogen-bond acceptors (Lipinski definition) is 5. The van der Waals surface area contributed by atoms with Crippen LogP contribution in [0.4, 0.5) is 0 Å². The minimum atomic E-state index is -0.430. The number of aromatic nitrogens is 1. The van der Waals surface area contributed by atoms with Crippen LogP contribution in [-0.2, 0) is 4.74 Å². The van der Waals surface area contributed by atoms with Crippen molar-refractivity contribution in [1.82, 2.24) is 4.98 Å². The van der Waals surface area contributed by atoms with Gasteiger partial charge in [-0.05, 0) is 12.1 Å². The molecule has 1 heterocycles. The maximum atomic E-state index is 11.4. The molecule has 2 aromatic rings. The van der Waals surface area contributed by atoms with Gasteiger partial charge in [0.05, 0.1) is 19.8 Å². The Morgan fingerprint density at radius 2 is 2.12 bits per heavy atom. The summed E-state index contributed by atoms with van der Waals surface area (Å²) < 4.78 is 15.1. The van der Waals surface area contributed by atoms with E-state index in [0.29, 0.717) is 28.3 Å². The summed E-state index contributed by atoms with van der Waals surface area (Å²) in [5, 5.41) is 0. The van der Waals surface area contributed by atoms with Crippen molar-refractivity contribution in [2.45, 2.75) is 6.92 Å². The lowest BCUT2D eigenvalue weighted by atomic mass is 10.2. The molecule has 0 radical (unpaired) electrons. The second-order valence-electron chi connectivity index (χ2n) is 3.25. The average Bonchev–Trinajstić information content (AvgIpc) is 2.66. The summed E-state index contributed by atoms with van der Waals surface area (Å²) in [6.07, 6.45) is 0. The van der Waals surface area contributed by atoms with Crippen molar-refractivity contribution in [3.63, 3.8) is 0 Å². The van der Waals surface area contributed by atoms with E-state index in [1.807, 2.05) is 0 Å². The van der Waals surface area contributed by atoms with Gasteiger partial charge in [-0.3, -0.25) is 0 Å². The van der Waals surface area contributed by atoms with Crippen molar-refractivity contribution in [2.24, 2.45) is 0 Å². The maximum Gasteiger partial charge on any atom is 0.338 e. The molecular weight excluding hydrogens is 210 g/mol. The first kappa shape index (κ1) is 10.5. The molecule has 0 saturated carbocycles. The Labute approximate surface area is 92.0 Å². The van der Waals surface area contributed by atoms with E-state index < -0.39 is 5.97 Å². The molecule has 5 nitrogen and oxygen atoms in total. The second-order valence-corrected chi connectivity index (χ2v) is 3.25. The summed E-state index contributed by atoms with van der Waals surface area (Å²) in [5.74, 6) is 0.565. The number of methoxy groups -OCH3 is 2. The Hall–Kier alpha value is -2.04. The van der Waals surface area contributed by atoms with Crippen molar-refractivity contribution in [3.05, 3.63) is 23.6 Å². The minimum Gasteiger partial charge on any atom is -0.493 e. The van der Waals surface area contributed by atoms with Crippen LogP contribution in [0.2, 0.25) is 0 Å². The fourth-order valence-electron chi connectivity index (χ4n) is 1.50. The van der Waals surface area contributed by atoms with Crippen molar-refractivity contribution < 1.29 is 18.7 Å². The van der Waals surface area contributed by atoms with Gasteiger partial charge >= 0.3 is 5.97 Å². The number of aryl methyl sites for hydroxylation is 1. The molecule has 0 unspecified atom stereocenters. The van der Waals surface area contributed by atoms with Crippen molar-refractivity contribution in [2.75, 3.05) is 14.2 Å². The summed E-state index contributed by atoms with van der Waals surface area (Å²) in [5.41, 5.74) is 1.50. The van der Waals surface area contributed by atoms with Gasteiger partial charge in [-0.15, -0.1) is 0 Å². The Morgan fingerprint density at radius 1 is 1.38 bits per heavy atom. The Bertz CT molecular complexity index is 544.